The number of carbonyl (C=O) groups is 1. The number of hydrogen-bond acceptors (Lipinski definition) is 3. The summed E-state index contributed by atoms with van der Waals surface area (Å²) in [6.45, 7) is 0.373. The molecule has 5 nitrogen and oxygen atoms in total. The van der Waals surface area contributed by atoms with Gasteiger partial charge in [0.1, 0.15) is 0 Å². The van der Waals surface area contributed by atoms with E-state index in [1.807, 2.05) is 0 Å². The van der Waals surface area contributed by atoms with Gasteiger partial charge in [-0.15, -0.1) is 0 Å². The summed E-state index contributed by atoms with van der Waals surface area (Å²) in [5.74, 6) is -2.34. The van der Waals surface area contributed by atoms with E-state index in [9.17, 15) is 23.7 Å². The minimum Gasteiger partial charge on any atom is -0.312 e. The highest BCUT2D eigenvalue weighted by atomic mass is 19.2. The standard InChI is InChI=1S/C17H14F2N2O3/c18-13-8-11-5-3-7-20(16(11)10-14(13)19)17(22)9-12-4-1-2-6-15(12)21(23)24/h1-2,4,6,8,10H,3,5,7,9H2. The molecule has 1 aliphatic heterocycles. The molecule has 0 bridgehead atoms. The molecule has 0 fully saturated rings. The van der Waals surface area contributed by atoms with Crippen LogP contribution in [-0.2, 0) is 17.6 Å². The summed E-state index contributed by atoms with van der Waals surface area (Å²) in [4.78, 5) is 24.5. The Hall–Kier alpha value is -2.83. The van der Waals surface area contributed by atoms with Crippen LogP contribution in [0.2, 0.25) is 0 Å². The molecular formula is C17H14F2N2O3. The monoisotopic (exact) mass is 332 g/mol. The van der Waals surface area contributed by atoms with Crippen LogP contribution < -0.4 is 4.90 Å². The molecule has 1 amide bonds. The van der Waals surface area contributed by atoms with Gasteiger partial charge in [0.15, 0.2) is 11.6 Å². The SMILES string of the molecule is O=C(Cc1ccccc1[N+](=O)[O-])N1CCCc2cc(F)c(F)cc21. The van der Waals surface area contributed by atoms with Gasteiger partial charge in [0, 0.05) is 29.9 Å². The first kappa shape index (κ1) is 16.0. The van der Waals surface area contributed by atoms with E-state index in [1.165, 1.54) is 23.1 Å². The first-order valence-electron chi connectivity index (χ1n) is 7.48. The van der Waals surface area contributed by atoms with Crippen LogP contribution in [0.1, 0.15) is 17.5 Å². The number of nitro benzene ring substituents is 1. The van der Waals surface area contributed by atoms with Crippen molar-refractivity contribution in [3.05, 3.63) is 69.3 Å². The number of fused-ring (bicyclic) bond motifs is 1. The van der Waals surface area contributed by atoms with Crippen LogP contribution in [-0.4, -0.2) is 17.4 Å². The van der Waals surface area contributed by atoms with Gasteiger partial charge in [0.2, 0.25) is 5.91 Å². The molecule has 0 saturated carbocycles. The molecule has 0 N–H and O–H groups in total. The van der Waals surface area contributed by atoms with Gasteiger partial charge in [-0.05, 0) is 24.5 Å². The number of hydrogen-bond donors (Lipinski definition) is 0. The van der Waals surface area contributed by atoms with Gasteiger partial charge in [-0.3, -0.25) is 14.9 Å². The van der Waals surface area contributed by atoms with Crippen LogP contribution in [0, 0.1) is 21.7 Å². The molecule has 124 valence electrons. The lowest BCUT2D eigenvalue weighted by molar-refractivity contribution is -0.385. The lowest BCUT2D eigenvalue weighted by atomic mass is 10.00. The normalized spacial score (nSPS) is 13.5. The fraction of sp³-hybridized carbons (Fsp3) is 0.235. The molecule has 1 heterocycles. The Labute approximate surface area is 136 Å². The third kappa shape index (κ3) is 2.97. The van der Waals surface area contributed by atoms with Gasteiger partial charge in [0.05, 0.1) is 11.3 Å². The summed E-state index contributed by atoms with van der Waals surface area (Å²) < 4.78 is 26.9. The van der Waals surface area contributed by atoms with E-state index < -0.39 is 16.6 Å². The Bertz CT molecular complexity index is 823. The number of aryl methyl sites for hydroxylation is 1. The van der Waals surface area contributed by atoms with Gasteiger partial charge in [-0.2, -0.15) is 0 Å². The lowest BCUT2D eigenvalue weighted by Crippen LogP contribution is -2.36. The third-order valence-electron chi connectivity index (χ3n) is 4.07. The number of para-hydroxylation sites is 1. The van der Waals surface area contributed by atoms with Crippen molar-refractivity contribution in [3.63, 3.8) is 0 Å². The topological polar surface area (TPSA) is 63.4 Å². The number of nitrogens with zero attached hydrogens (tertiary/aromatic N) is 2. The Morgan fingerprint density at radius 2 is 1.92 bits per heavy atom. The second-order valence-corrected chi connectivity index (χ2v) is 5.61. The van der Waals surface area contributed by atoms with E-state index >= 15 is 0 Å². The highest BCUT2D eigenvalue weighted by molar-refractivity contribution is 5.96. The van der Waals surface area contributed by atoms with E-state index in [4.69, 9.17) is 0 Å². The largest absolute Gasteiger partial charge is 0.312 e. The number of rotatable bonds is 3. The van der Waals surface area contributed by atoms with E-state index in [1.54, 1.807) is 6.07 Å². The number of anilines is 1. The summed E-state index contributed by atoms with van der Waals surface area (Å²) in [5, 5.41) is 11.0. The van der Waals surface area contributed by atoms with Crippen LogP contribution in [0.5, 0.6) is 0 Å². The average molecular weight is 332 g/mol. The first-order chi connectivity index (χ1) is 11.5. The molecule has 0 atom stereocenters. The molecule has 2 aromatic carbocycles. The van der Waals surface area contributed by atoms with Gasteiger partial charge < -0.3 is 4.90 Å². The molecule has 7 heteroatoms. The predicted octanol–water partition coefficient (Wildman–Crippen LogP) is 3.39. The highest BCUT2D eigenvalue weighted by Crippen LogP contribution is 2.30. The van der Waals surface area contributed by atoms with Crippen molar-refractivity contribution < 1.29 is 18.5 Å². The minimum atomic E-state index is -1.01. The molecule has 24 heavy (non-hydrogen) atoms. The maximum atomic E-state index is 13.5. The smallest absolute Gasteiger partial charge is 0.273 e. The first-order valence-corrected chi connectivity index (χ1v) is 7.48. The predicted molar refractivity (Wildman–Crippen MR) is 83.8 cm³/mol. The van der Waals surface area contributed by atoms with E-state index in [0.29, 0.717) is 36.2 Å². The second kappa shape index (κ2) is 6.35. The lowest BCUT2D eigenvalue weighted by Gasteiger charge is -2.29. The molecule has 0 radical (unpaired) electrons. The minimum absolute atomic E-state index is 0.131. The van der Waals surface area contributed by atoms with Crippen LogP contribution in [0.25, 0.3) is 0 Å². The van der Waals surface area contributed by atoms with Crippen molar-refractivity contribution in [2.75, 3.05) is 11.4 Å². The van der Waals surface area contributed by atoms with E-state index in [0.717, 1.165) is 12.1 Å². The van der Waals surface area contributed by atoms with Crippen LogP contribution in [0.15, 0.2) is 36.4 Å². The fourth-order valence-electron chi connectivity index (χ4n) is 2.93. The average Bonchev–Trinajstić information content (AvgIpc) is 2.55. The quantitative estimate of drug-likeness (QED) is 0.639. The zero-order chi connectivity index (χ0) is 17.3. The van der Waals surface area contributed by atoms with Crippen LogP contribution in [0.3, 0.4) is 0 Å². The van der Waals surface area contributed by atoms with Crippen LogP contribution >= 0.6 is 0 Å². The molecule has 1 aliphatic rings. The van der Waals surface area contributed by atoms with Crippen molar-refractivity contribution >= 4 is 17.3 Å². The van der Waals surface area contributed by atoms with Crippen molar-refractivity contribution in [2.24, 2.45) is 0 Å². The summed E-state index contributed by atoms with van der Waals surface area (Å²) in [7, 11) is 0. The Balaban J connectivity index is 1.90. The Morgan fingerprint density at radius 1 is 1.21 bits per heavy atom. The maximum Gasteiger partial charge on any atom is 0.273 e. The van der Waals surface area contributed by atoms with E-state index in [-0.39, 0.29) is 18.0 Å². The summed E-state index contributed by atoms with van der Waals surface area (Å²) in [6.07, 6.45) is 1.01. The zero-order valence-corrected chi connectivity index (χ0v) is 12.7. The Morgan fingerprint density at radius 3 is 2.67 bits per heavy atom. The number of benzene rings is 2. The maximum absolute atomic E-state index is 13.5. The summed E-state index contributed by atoms with van der Waals surface area (Å²) in [5.41, 5.74) is 1.07. The third-order valence-corrected chi connectivity index (χ3v) is 4.07. The molecule has 0 unspecified atom stereocenters. The molecular weight excluding hydrogens is 318 g/mol. The summed E-state index contributed by atoms with van der Waals surface area (Å²) >= 11 is 0. The van der Waals surface area contributed by atoms with Crippen molar-refractivity contribution in [2.45, 2.75) is 19.3 Å². The van der Waals surface area contributed by atoms with Gasteiger partial charge in [-0.25, -0.2) is 8.78 Å². The molecule has 3 rings (SSSR count). The number of nitro groups is 1. The van der Waals surface area contributed by atoms with Crippen molar-refractivity contribution in [1.82, 2.24) is 0 Å². The van der Waals surface area contributed by atoms with Crippen molar-refractivity contribution in [3.8, 4) is 0 Å². The van der Waals surface area contributed by atoms with Crippen LogP contribution in [0.4, 0.5) is 20.2 Å². The van der Waals surface area contributed by atoms with Gasteiger partial charge >= 0.3 is 0 Å². The number of amides is 1. The van der Waals surface area contributed by atoms with Crippen molar-refractivity contribution in [1.29, 1.82) is 0 Å². The molecule has 0 aliphatic carbocycles. The highest BCUT2D eigenvalue weighted by Gasteiger charge is 2.26. The summed E-state index contributed by atoms with van der Waals surface area (Å²) in [6, 6.07) is 8.12. The van der Waals surface area contributed by atoms with Gasteiger partial charge in [-0.1, -0.05) is 18.2 Å². The molecule has 0 saturated heterocycles. The Kier molecular flexibility index (Phi) is 4.24. The van der Waals surface area contributed by atoms with Gasteiger partial charge in [0.25, 0.3) is 5.69 Å². The molecule has 0 aromatic heterocycles. The molecule has 2 aromatic rings. The number of carbonyl (C=O) groups excluding carboxylic acids is 1. The zero-order valence-electron chi connectivity index (χ0n) is 12.7. The second-order valence-electron chi connectivity index (χ2n) is 5.61. The fourth-order valence-corrected chi connectivity index (χ4v) is 2.93. The molecule has 0 spiro atoms. The van der Waals surface area contributed by atoms with E-state index in [2.05, 4.69) is 0 Å². The number of halogens is 2.